The fraction of sp³-hybridized carbons (Fsp3) is 0.522. The first-order chi connectivity index (χ1) is 15.9. The smallest absolute Gasteiger partial charge is 0.273 e. The maximum absolute atomic E-state index is 12.2. The van der Waals surface area contributed by atoms with Crippen molar-refractivity contribution in [2.24, 2.45) is 11.7 Å². The summed E-state index contributed by atoms with van der Waals surface area (Å²) in [5.74, 6) is 0.461. The lowest BCUT2D eigenvalue weighted by atomic mass is 9.95. The van der Waals surface area contributed by atoms with Crippen molar-refractivity contribution in [2.75, 3.05) is 55.4 Å². The van der Waals surface area contributed by atoms with E-state index >= 15 is 0 Å². The number of piperidine rings is 2. The Morgan fingerprint density at radius 1 is 0.970 bits per heavy atom. The van der Waals surface area contributed by atoms with E-state index in [1.807, 2.05) is 38.4 Å². The summed E-state index contributed by atoms with van der Waals surface area (Å²) in [6, 6.07) is 7.95. The highest BCUT2D eigenvalue weighted by Crippen LogP contribution is 2.27. The number of hydrogen-bond donors (Lipinski definition) is 2. The number of amides is 2. The van der Waals surface area contributed by atoms with E-state index in [4.69, 9.17) is 5.73 Å². The number of nitrogens with two attached hydrogens (primary N) is 1. The molecule has 2 saturated heterocycles. The van der Waals surface area contributed by atoms with Crippen LogP contribution in [-0.4, -0.2) is 72.2 Å². The summed E-state index contributed by atoms with van der Waals surface area (Å²) in [7, 11) is 3.62. The first kappa shape index (κ1) is 22.8. The molecule has 0 spiro atoms. The van der Waals surface area contributed by atoms with Crippen LogP contribution in [-0.2, 0) is 4.79 Å². The molecule has 3 heterocycles. The molecule has 2 amide bonds. The Kier molecular flexibility index (Phi) is 6.90. The number of nitrogens with one attached hydrogen (secondary N) is 1. The highest BCUT2D eigenvalue weighted by molar-refractivity contribution is 5.96. The highest BCUT2D eigenvalue weighted by atomic mass is 16.2. The SMILES string of the molecule is CN(C)C(=O)C1CCN(c2ccc(Nc3nc(N4CCCCC4)nnc3C(N)=O)cc2)CC1. The number of benzene rings is 1. The van der Waals surface area contributed by atoms with E-state index in [-0.39, 0.29) is 17.5 Å². The predicted octanol–water partition coefficient (Wildman–Crippen LogP) is 2.01. The van der Waals surface area contributed by atoms with E-state index in [9.17, 15) is 9.59 Å². The number of anilines is 4. The fourth-order valence-electron chi connectivity index (χ4n) is 4.44. The van der Waals surface area contributed by atoms with E-state index in [1.54, 1.807) is 4.90 Å². The Morgan fingerprint density at radius 2 is 1.64 bits per heavy atom. The van der Waals surface area contributed by atoms with Gasteiger partial charge in [-0.2, -0.15) is 4.98 Å². The molecule has 0 aliphatic carbocycles. The number of rotatable bonds is 6. The molecule has 176 valence electrons. The molecule has 0 atom stereocenters. The minimum absolute atomic E-state index is 0.0208. The molecule has 2 aliphatic rings. The van der Waals surface area contributed by atoms with Gasteiger partial charge in [-0.1, -0.05) is 0 Å². The van der Waals surface area contributed by atoms with Crippen LogP contribution in [0.4, 0.5) is 23.1 Å². The van der Waals surface area contributed by atoms with Crippen LogP contribution >= 0.6 is 0 Å². The number of primary amides is 1. The maximum atomic E-state index is 12.2. The van der Waals surface area contributed by atoms with E-state index in [0.29, 0.717) is 11.8 Å². The van der Waals surface area contributed by atoms with Gasteiger partial charge in [-0.3, -0.25) is 9.59 Å². The minimum atomic E-state index is -0.672. The second-order valence-electron chi connectivity index (χ2n) is 8.89. The predicted molar refractivity (Wildman–Crippen MR) is 128 cm³/mol. The number of carbonyl (C=O) groups is 2. The standard InChI is InChI=1S/C23H32N8O2/c1-29(2)22(33)16-10-14-30(15-11-16)18-8-6-17(7-9-18)25-21-19(20(24)32)27-28-23(26-21)31-12-4-3-5-13-31/h6-9,16H,3-5,10-15H2,1-2H3,(H2,24,32)(H,25,26,28). The molecule has 2 aliphatic heterocycles. The molecule has 2 aromatic rings. The lowest BCUT2D eigenvalue weighted by molar-refractivity contribution is -0.133. The number of carbonyl (C=O) groups excluding carboxylic acids is 2. The summed E-state index contributed by atoms with van der Waals surface area (Å²) in [5, 5.41) is 11.4. The molecule has 0 bridgehead atoms. The Morgan fingerprint density at radius 3 is 2.24 bits per heavy atom. The van der Waals surface area contributed by atoms with Crippen molar-refractivity contribution in [1.82, 2.24) is 20.1 Å². The molecule has 1 aromatic carbocycles. The van der Waals surface area contributed by atoms with E-state index < -0.39 is 5.91 Å². The first-order valence-electron chi connectivity index (χ1n) is 11.5. The van der Waals surface area contributed by atoms with E-state index in [1.165, 1.54) is 6.42 Å². The quantitative estimate of drug-likeness (QED) is 0.683. The summed E-state index contributed by atoms with van der Waals surface area (Å²) in [4.78, 5) is 34.7. The number of aromatic nitrogens is 3. The van der Waals surface area contributed by atoms with Crippen molar-refractivity contribution in [3.63, 3.8) is 0 Å². The third-order valence-corrected chi connectivity index (χ3v) is 6.33. The summed E-state index contributed by atoms with van der Waals surface area (Å²) >= 11 is 0. The molecule has 4 rings (SSSR count). The van der Waals surface area contributed by atoms with Gasteiger partial charge in [0.2, 0.25) is 11.9 Å². The lowest BCUT2D eigenvalue weighted by Gasteiger charge is -2.34. The van der Waals surface area contributed by atoms with Crippen molar-refractivity contribution in [3.8, 4) is 0 Å². The molecule has 3 N–H and O–H groups in total. The first-order valence-corrected chi connectivity index (χ1v) is 11.5. The monoisotopic (exact) mass is 452 g/mol. The minimum Gasteiger partial charge on any atom is -0.371 e. The summed E-state index contributed by atoms with van der Waals surface area (Å²) in [6.07, 6.45) is 5.08. The van der Waals surface area contributed by atoms with Crippen molar-refractivity contribution >= 4 is 35.0 Å². The van der Waals surface area contributed by atoms with Gasteiger partial charge in [0.1, 0.15) is 0 Å². The molecular weight excluding hydrogens is 420 g/mol. The van der Waals surface area contributed by atoms with Gasteiger partial charge in [-0.25, -0.2) is 0 Å². The molecule has 0 unspecified atom stereocenters. The molecule has 1 aromatic heterocycles. The Bertz CT molecular complexity index is 980. The molecule has 10 heteroatoms. The van der Waals surface area contributed by atoms with Gasteiger partial charge in [-0.15, -0.1) is 10.2 Å². The van der Waals surface area contributed by atoms with Gasteiger partial charge in [0.25, 0.3) is 5.91 Å². The van der Waals surface area contributed by atoms with Crippen molar-refractivity contribution in [2.45, 2.75) is 32.1 Å². The van der Waals surface area contributed by atoms with Crippen LogP contribution in [0.5, 0.6) is 0 Å². The Balaban J connectivity index is 1.44. The van der Waals surface area contributed by atoms with Crippen LogP contribution in [0.25, 0.3) is 0 Å². The van der Waals surface area contributed by atoms with Crippen LogP contribution in [0.3, 0.4) is 0 Å². The maximum Gasteiger partial charge on any atom is 0.273 e. The van der Waals surface area contributed by atoms with Gasteiger partial charge in [0, 0.05) is 57.6 Å². The van der Waals surface area contributed by atoms with Crippen LogP contribution < -0.4 is 20.9 Å². The zero-order chi connectivity index (χ0) is 23.4. The molecule has 10 nitrogen and oxygen atoms in total. The normalized spacial score (nSPS) is 17.0. The third-order valence-electron chi connectivity index (χ3n) is 6.33. The van der Waals surface area contributed by atoms with Crippen LogP contribution in [0, 0.1) is 5.92 Å². The summed E-state index contributed by atoms with van der Waals surface area (Å²) in [6.45, 7) is 3.45. The molecule has 33 heavy (non-hydrogen) atoms. The molecule has 0 radical (unpaired) electrons. The average molecular weight is 453 g/mol. The van der Waals surface area contributed by atoms with E-state index in [0.717, 1.165) is 63.2 Å². The van der Waals surface area contributed by atoms with Crippen LogP contribution in [0.1, 0.15) is 42.6 Å². The Labute approximate surface area is 194 Å². The molecule has 0 saturated carbocycles. The van der Waals surface area contributed by atoms with Gasteiger partial charge in [0.15, 0.2) is 11.5 Å². The third kappa shape index (κ3) is 5.32. The summed E-state index contributed by atoms with van der Waals surface area (Å²) < 4.78 is 0. The lowest BCUT2D eigenvalue weighted by Crippen LogP contribution is -2.40. The van der Waals surface area contributed by atoms with Crippen LogP contribution in [0.15, 0.2) is 24.3 Å². The van der Waals surface area contributed by atoms with Gasteiger partial charge < -0.3 is 25.8 Å². The second kappa shape index (κ2) is 10.0. The van der Waals surface area contributed by atoms with Crippen molar-refractivity contribution in [1.29, 1.82) is 0 Å². The molecular formula is C23H32N8O2. The van der Waals surface area contributed by atoms with Crippen LogP contribution in [0.2, 0.25) is 0 Å². The Hall–Kier alpha value is -3.43. The largest absolute Gasteiger partial charge is 0.371 e. The topological polar surface area (TPSA) is 121 Å². The van der Waals surface area contributed by atoms with E-state index in [2.05, 4.69) is 30.3 Å². The van der Waals surface area contributed by atoms with Gasteiger partial charge in [-0.05, 0) is 56.4 Å². The van der Waals surface area contributed by atoms with Crippen molar-refractivity contribution in [3.05, 3.63) is 30.0 Å². The molecule has 2 fully saturated rings. The number of nitrogens with zero attached hydrogens (tertiary/aromatic N) is 6. The number of hydrogen-bond acceptors (Lipinski definition) is 8. The highest BCUT2D eigenvalue weighted by Gasteiger charge is 2.26. The van der Waals surface area contributed by atoms with Crippen molar-refractivity contribution < 1.29 is 9.59 Å². The summed E-state index contributed by atoms with van der Waals surface area (Å²) in [5.41, 5.74) is 7.40. The zero-order valence-corrected chi connectivity index (χ0v) is 19.3. The van der Waals surface area contributed by atoms with Gasteiger partial charge in [0.05, 0.1) is 0 Å². The van der Waals surface area contributed by atoms with Gasteiger partial charge >= 0.3 is 0 Å². The zero-order valence-electron chi connectivity index (χ0n) is 19.3. The fourth-order valence-corrected chi connectivity index (χ4v) is 4.44. The second-order valence-corrected chi connectivity index (χ2v) is 8.89. The average Bonchev–Trinajstić information content (AvgIpc) is 2.84.